The molecule has 1 aliphatic carbocycles. The van der Waals surface area contributed by atoms with Gasteiger partial charge in [0, 0.05) is 36.7 Å². The predicted octanol–water partition coefficient (Wildman–Crippen LogP) is 3.34. The SMILES string of the molecule is COC[C@@]12CN(C(=O)Cn3c(C)c(C#N)c4ccccc43)C[C@@H]1C(C)(C)C2. The number of fused-ring (bicyclic) bond motifs is 2. The summed E-state index contributed by atoms with van der Waals surface area (Å²) in [7, 11) is 1.75. The molecule has 0 N–H and O–H groups in total. The van der Waals surface area contributed by atoms with Gasteiger partial charge < -0.3 is 14.2 Å². The molecule has 27 heavy (non-hydrogen) atoms. The van der Waals surface area contributed by atoms with Gasteiger partial charge in [-0.3, -0.25) is 4.79 Å². The van der Waals surface area contributed by atoms with Crippen molar-refractivity contribution >= 4 is 16.8 Å². The summed E-state index contributed by atoms with van der Waals surface area (Å²) in [5.41, 5.74) is 2.85. The number of amides is 1. The molecule has 2 heterocycles. The van der Waals surface area contributed by atoms with Gasteiger partial charge in [-0.05, 0) is 30.7 Å². The van der Waals surface area contributed by atoms with Crippen LogP contribution >= 0.6 is 0 Å². The number of rotatable bonds is 4. The molecule has 1 aromatic heterocycles. The van der Waals surface area contributed by atoms with Crippen LogP contribution in [0.25, 0.3) is 10.9 Å². The number of methoxy groups -OCH3 is 1. The minimum Gasteiger partial charge on any atom is -0.384 e. The molecular weight excluding hydrogens is 338 g/mol. The summed E-state index contributed by atoms with van der Waals surface area (Å²) in [5, 5.41) is 10.5. The summed E-state index contributed by atoms with van der Waals surface area (Å²) >= 11 is 0. The Morgan fingerprint density at radius 1 is 1.37 bits per heavy atom. The maximum atomic E-state index is 13.2. The van der Waals surface area contributed by atoms with Crippen molar-refractivity contribution < 1.29 is 9.53 Å². The Balaban J connectivity index is 1.60. The number of benzene rings is 1. The van der Waals surface area contributed by atoms with Gasteiger partial charge in [-0.1, -0.05) is 32.0 Å². The number of carbonyl (C=O) groups is 1. The highest BCUT2D eigenvalue weighted by Crippen LogP contribution is 2.62. The monoisotopic (exact) mass is 365 g/mol. The van der Waals surface area contributed by atoms with Crippen molar-refractivity contribution in [2.24, 2.45) is 16.7 Å². The Labute approximate surface area is 160 Å². The molecule has 5 nitrogen and oxygen atoms in total. The van der Waals surface area contributed by atoms with Gasteiger partial charge >= 0.3 is 0 Å². The van der Waals surface area contributed by atoms with E-state index in [1.807, 2.05) is 40.7 Å². The van der Waals surface area contributed by atoms with Crippen molar-refractivity contribution in [2.75, 3.05) is 26.8 Å². The van der Waals surface area contributed by atoms with Crippen molar-refractivity contribution in [1.29, 1.82) is 5.26 Å². The van der Waals surface area contributed by atoms with E-state index in [-0.39, 0.29) is 23.3 Å². The lowest BCUT2D eigenvalue weighted by Gasteiger charge is -2.56. The summed E-state index contributed by atoms with van der Waals surface area (Å²) in [5.74, 6) is 0.620. The van der Waals surface area contributed by atoms with E-state index in [0.29, 0.717) is 11.5 Å². The minimum absolute atomic E-state index is 0.111. The van der Waals surface area contributed by atoms with Crippen LogP contribution < -0.4 is 0 Å². The molecule has 1 amide bonds. The number of para-hydroxylation sites is 1. The molecule has 1 aromatic carbocycles. The fraction of sp³-hybridized carbons (Fsp3) is 0.545. The van der Waals surface area contributed by atoms with E-state index in [0.717, 1.165) is 42.7 Å². The zero-order valence-electron chi connectivity index (χ0n) is 16.6. The summed E-state index contributed by atoms with van der Waals surface area (Å²) in [6, 6.07) is 10.1. The van der Waals surface area contributed by atoms with E-state index in [4.69, 9.17) is 4.74 Å². The molecule has 5 heteroatoms. The lowest BCUT2D eigenvalue weighted by atomic mass is 9.48. The Bertz CT molecular complexity index is 952. The van der Waals surface area contributed by atoms with E-state index in [1.165, 1.54) is 0 Å². The second kappa shape index (κ2) is 6.10. The summed E-state index contributed by atoms with van der Waals surface area (Å²) in [6.45, 7) is 9.09. The number of likely N-dealkylation sites (tertiary alicyclic amines) is 1. The molecule has 0 spiro atoms. The van der Waals surface area contributed by atoms with Gasteiger partial charge in [0.2, 0.25) is 5.91 Å². The van der Waals surface area contributed by atoms with Crippen LogP contribution in [0.5, 0.6) is 0 Å². The van der Waals surface area contributed by atoms with E-state index in [1.54, 1.807) is 7.11 Å². The number of ether oxygens (including phenoxy) is 1. The highest BCUT2D eigenvalue weighted by atomic mass is 16.5. The van der Waals surface area contributed by atoms with E-state index in [9.17, 15) is 10.1 Å². The average molecular weight is 365 g/mol. The molecule has 0 unspecified atom stereocenters. The number of hydrogen-bond acceptors (Lipinski definition) is 3. The quantitative estimate of drug-likeness (QED) is 0.835. The van der Waals surface area contributed by atoms with Crippen molar-refractivity contribution in [1.82, 2.24) is 9.47 Å². The van der Waals surface area contributed by atoms with Gasteiger partial charge in [0.15, 0.2) is 0 Å². The lowest BCUT2D eigenvalue weighted by Crippen LogP contribution is -2.55. The lowest BCUT2D eigenvalue weighted by molar-refractivity contribution is -0.131. The van der Waals surface area contributed by atoms with Crippen LogP contribution in [0.1, 0.15) is 31.5 Å². The van der Waals surface area contributed by atoms with E-state index < -0.39 is 0 Å². The molecule has 0 bridgehead atoms. The molecule has 142 valence electrons. The second-order valence-corrected chi connectivity index (χ2v) is 8.96. The fourth-order valence-electron chi connectivity index (χ4n) is 5.81. The summed E-state index contributed by atoms with van der Waals surface area (Å²) < 4.78 is 7.50. The maximum absolute atomic E-state index is 13.2. The normalized spacial score (nSPS) is 25.9. The smallest absolute Gasteiger partial charge is 0.242 e. The minimum atomic E-state index is 0.111. The van der Waals surface area contributed by atoms with Crippen LogP contribution in [-0.2, 0) is 16.1 Å². The van der Waals surface area contributed by atoms with Crippen molar-refractivity contribution in [2.45, 2.75) is 33.7 Å². The van der Waals surface area contributed by atoms with Crippen LogP contribution in [0.3, 0.4) is 0 Å². The van der Waals surface area contributed by atoms with E-state index in [2.05, 4.69) is 19.9 Å². The number of nitrogens with zero attached hydrogens (tertiary/aromatic N) is 3. The molecule has 2 aromatic rings. The molecule has 0 radical (unpaired) electrons. The number of nitriles is 1. The van der Waals surface area contributed by atoms with Gasteiger partial charge in [0.1, 0.15) is 12.6 Å². The zero-order valence-corrected chi connectivity index (χ0v) is 16.6. The average Bonchev–Trinajstić information content (AvgIpc) is 3.08. The summed E-state index contributed by atoms with van der Waals surface area (Å²) in [4.78, 5) is 15.2. The topological polar surface area (TPSA) is 58.3 Å². The predicted molar refractivity (Wildman–Crippen MR) is 104 cm³/mol. The van der Waals surface area contributed by atoms with Crippen LogP contribution in [0, 0.1) is 35.0 Å². The Morgan fingerprint density at radius 3 is 2.78 bits per heavy atom. The first kappa shape index (κ1) is 18.1. The standard InChI is InChI=1S/C22H27N3O2/c1-15-17(9-23)16-7-5-6-8-18(16)25(15)11-20(26)24-10-19-21(2,3)12-22(19,13-24)14-27-4/h5-8,19H,10-14H2,1-4H3/t19-,22-/m1/s1. The van der Waals surface area contributed by atoms with Crippen molar-refractivity contribution in [3.63, 3.8) is 0 Å². The van der Waals surface area contributed by atoms with Crippen molar-refractivity contribution in [3.8, 4) is 6.07 Å². The third-order valence-corrected chi connectivity index (χ3v) is 6.82. The number of carbonyl (C=O) groups excluding carboxylic acids is 1. The molecule has 2 atom stereocenters. The molecular formula is C22H27N3O2. The second-order valence-electron chi connectivity index (χ2n) is 8.96. The molecule has 1 saturated heterocycles. The Kier molecular flexibility index (Phi) is 4.08. The molecule has 2 fully saturated rings. The van der Waals surface area contributed by atoms with Gasteiger partial charge in [-0.2, -0.15) is 5.26 Å². The van der Waals surface area contributed by atoms with E-state index >= 15 is 0 Å². The zero-order chi connectivity index (χ0) is 19.4. The first-order valence-corrected chi connectivity index (χ1v) is 9.57. The summed E-state index contributed by atoms with van der Waals surface area (Å²) in [6.07, 6.45) is 1.10. The highest BCUT2D eigenvalue weighted by Gasteiger charge is 2.63. The highest BCUT2D eigenvalue weighted by molar-refractivity contribution is 5.89. The fourth-order valence-corrected chi connectivity index (χ4v) is 5.81. The molecule has 1 saturated carbocycles. The maximum Gasteiger partial charge on any atom is 0.242 e. The third kappa shape index (κ3) is 2.58. The van der Waals surface area contributed by atoms with Gasteiger partial charge in [0.05, 0.1) is 17.7 Å². The van der Waals surface area contributed by atoms with Crippen molar-refractivity contribution in [3.05, 3.63) is 35.5 Å². The van der Waals surface area contributed by atoms with Gasteiger partial charge in [-0.15, -0.1) is 0 Å². The molecule has 1 aliphatic heterocycles. The molecule has 2 aliphatic rings. The number of aromatic nitrogens is 1. The first-order valence-electron chi connectivity index (χ1n) is 9.57. The third-order valence-electron chi connectivity index (χ3n) is 6.82. The van der Waals surface area contributed by atoms with Crippen LogP contribution in [-0.4, -0.2) is 42.2 Å². The van der Waals surface area contributed by atoms with Gasteiger partial charge in [0.25, 0.3) is 0 Å². The van der Waals surface area contributed by atoms with Crippen LogP contribution in [0.15, 0.2) is 24.3 Å². The van der Waals surface area contributed by atoms with Crippen LogP contribution in [0.2, 0.25) is 0 Å². The Morgan fingerprint density at radius 2 is 2.11 bits per heavy atom. The first-order chi connectivity index (χ1) is 12.8. The molecule has 4 rings (SSSR count). The number of hydrogen-bond donors (Lipinski definition) is 0. The Hall–Kier alpha value is -2.32. The van der Waals surface area contributed by atoms with Gasteiger partial charge in [-0.25, -0.2) is 0 Å². The largest absolute Gasteiger partial charge is 0.384 e. The van der Waals surface area contributed by atoms with Crippen LogP contribution in [0.4, 0.5) is 0 Å².